The van der Waals surface area contributed by atoms with Crippen molar-refractivity contribution in [2.45, 2.75) is 6.92 Å². The van der Waals surface area contributed by atoms with Crippen LogP contribution in [0.5, 0.6) is 5.75 Å². The summed E-state index contributed by atoms with van der Waals surface area (Å²) in [7, 11) is 0. The van der Waals surface area contributed by atoms with E-state index in [9.17, 15) is 4.79 Å². The Morgan fingerprint density at radius 2 is 1.59 bits per heavy atom. The predicted octanol–water partition coefficient (Wildman–Crippen LogP) is 7.51. The van der Waals surface area contributed by atoms with E-state index in [0.29, 0.717) is 16.3 Å². The van der Waals surface area contributed by atoms with E-state index in [0.717, 1.165) is 38.9 Å². The standard InChI is InChI=1S/C29H20ClNO3/c1-19-7-16-27-25(17-19)26(18-28(34-27)20-5-3-2-4-6-20)31-23-12-14-24(15-13-23)33-29(32)21-8-10-22(30)11-9-21/h2-18H,1H3. The zero-order valence-electron chi connectivity index (χ0n) is 18.4. The van der Waals surface area contributed by atoms with Gasteiger partial charge in [-0.1, -0.05) is 53.6 Å². The Kier molecular flexibility index (Phi) is 5.98. The molecule has 0 atom stereocenters. The fourth-order valence-electron chi connectivity index (χ4n) is 3.60. The first kappa shape index (κ1) is 21.7. The lowest BCUT2D eigenvalue weighted by Gasteiger charge is -2.07. The quantitative estimate of drug-likeness (QED) is 0.204. The third-order valence-corrected chi connectivity index (χ3v) is 5.59. The van der Waals surface area contributed by atoms with Gasteiger partial charge in [-0.3, -0.25) is 0 Å². The first-order valence-electron chi connectivity index (χ1n) is 10.8. The van der Waals surface area contributed by atoms with Crippen molar-refractivity contribution in [2.75, 3.05) is 0 Å². The van der Waals surface area contributed by atoms with E-state index in [1.807, 2.05) is 67.6 Å². The van der Waals surface area contributed by atoms with Gasteiger partial charge in [0.25, 0.3) is 0 Å². The SMILES string of the molecule is Cc1ccc2oc(-c3ccccc3)cc(=Nc3ccc(OC(=O)c4ccc(Cl)cc4)cc3)c2c1. The molecule has 5 aromatic rings. The predicted molar refractivity (Wildman–Crippen MR) is 134 cm³/mol. The van der Waals surface area contributed by atoms with Crippen molar-refractivity contribution in [3.8, 4) is 17.1 Å². The van der Waals surface area contributed by atoms with E-state index in [1.54, 1.807) is 36.4 Å². The van der Waals surface area contributed by atoms with Crippen LogP contribution < -0.4 is 10.1 Å². The van der Waals surface area contributed by atoms with Gasteiger partial charge in [0.2, 0.25) is 0 Å². The van der Waals surface area contributed by atoms with Crippen LogP contribution in [0.2, 0.25) is 5.02 Å². The van der Waals surface area contributed by atoms with Crippen LogP contribution in [0.3, 0.4) is 0 Å². The molecule has 0 aliphatic rings. The number of nitrogens with zero attached hydrogens (tertiary/aromatic N) is 1. The molecule has 0 saturated heterocycles. The summed E-state index contributed by atoms with van der Waals surface area (Å²) in [5.74, 6) is 0.733. The minimum atomic E-state index is -0.444. The fourth-order valence-corrected chi connectivity index (χ4v) is 3.73. The van der Waals surface area contributed by atoms with Crippen molar-refractivity contribution in [1.82, 2.24) is 0 Å². The average molecular weight is 466 g/mol. The van der Waals surface area contributed by atoms with E-state index in [1.165, 1.54) is 0 Å². The monoisotopic (exact) mass is 465 g/mol. The van der Waals surface area contributed by atoms with E-state index in [-0.39, 0.29) is 0 Å². The number of benzene rings is 4. The van der Waals surface area contributed by atoms with Gasteiger partial charge in [0.15, 0.2) is 0 Å². The second-order valence-electron chi connectivity index (χ2n) is 7.86. The largest absolute Gasteiger partial charge is 0.456 e. The summed E-state index contributed by atoms with van der Waals surface area (Å²) < 4.78 is 11.6. The summed E-state index contributed by atoms with van der Waals surface area (Å²) >= 11 is 5.88. The van der Waals surface area contributed by atoms with Gasteiger partial charge in [0.05, 0.1) is 16.6 Å². The molecule has 0 unspecified atom stereocenters. The molecule has 0 radical (unpaired) electrons. The summed E-state index contributed by atoms with van der Waals surface area (Å²) in [5.41, 5.74) is 4.03. The normalized spacial score (nSPS) is 11.5. The van der Waals surface area contributed by atoms with Crippen LogP contribution in [-0.2, 0) is 0 Å². The number of hydrogen-bond acceptors (Lipinski definition) is 4. The zero-order chi connectivity index (χ0) is 23.5. The number of halogens is 1. The van der Waals surface area contributed by atoms with Crippen molar-refractivity contribution in [3.63, 3.8) is 0 Å². The Bertz CT molecular complexity index is 1540. The van der Waals surface area contributed by atoms with Gasteiger partial charge in [-0.25, -0.2) is 9.79 Å². The first-order valence-corrected chi connectivity index (χ1v) is 11.2. The number of fused-ring (bicyclic) bond motifs is 1. The third-order valence-electron chi connectivity index (χ3n) is 5.33. The van der Waals surface area contributed by atoms with Gasteiger partial charge >= 0.3 is 5.97 Å². The smallest absolute Gasteiger partial charge is 0.343 e. The van der Waals surface area contributed by atoms with E-state index in [2.05, 4.69) is 6.07 Å². The van der Waals surface area contributed by atoms with Crippen molar-refractivity contribution in [2.24, 2.45) is 4.99 Å². The lowest BCUT2D eigenvalue weighted by atomic mass is 10.1. The number of rotatable bonds is 4. The molecule has 0 spiro atoms. The van der Waals surface area contributed by atoms with Gasteiger partial charge < -0.3 is 9.15 Å². The lowest BCUT2D eigenvalue weighted by molar-refractivity contribution is 0.0735. The molecule has 4 aromatic carbocycles. The molecule has 0 N–H and O–H groups in total. The third kappa shape index (κ3) is 4.77. The summed E-state index contributed by atoms with van der Waals surface area (Å²) in [6.07, 6.45) is 0. The maximum absolute atomic E-state index is 12.4. The number of carbonyl (C=O) groups is 1. The zero-order valence-corrected chi connectivity index (χ0v) is 19.1. The molecule has 0 aliphatic carbocycles. The van der Waals surface area contributed by atoms with E-state index < -0.39 is 5.97 Å². The number of aryl methyl sites for hydroxylation is 1. The van der Waals surface area contributed by atoms with Crippen LogP contribution in [0.15, 0.2) is 113 Å². The Hall–Kier alpha value is -4.15. The van der Waals surface area contributed by atoms with Gasteiger partial charge in [-0.15, -0.1) is 0 Å². The van der Waals surface area contributed by atoms with Crippen LogP contribution in [0.25, 0.3) is 22.3 Å². The van der Waals surface area contributed by atoms with Crippen LogP contribution in [0, 0.1) is 6.92 Å². The second kappa shape index (κ2) is 9.38. The van der Waals surface area contributed by atoms with Crippen LogP contribution in [-0.4, -0.2) is 5.97 Å². The van der Waals surface area contributed by atoms with Gasteiger partial charge in [-0.2, -0.15) is 0 Å². The molecule has 1 heterocycles. The molecular weight excluding hydrogens is 446 g/mol. The number of carbonyl (C=O) groups excluding carboxylic acids is 1. The summed E-state index contributed by atoms with van der Waals surface area (Å²) in [6.45, 7) is 2.04. The van der Waals surface area contributed by atoms with Crippen LogP contribution in [0.4, 0.5) is 5.69 Å². The maximum atomic E-state index is 12.4. The van der Waals surface area contributed by atoms with Gasteiger partial charge in [-0.05, 0) is 67.6 Å². The Balaban J connectivity index is 1.49. The summed E-state index contributed by atoms with van der Waals surface area (Å²) in [4.78, 5) is 17.2. The van der Waals surface area contributed by atoms with Crippen molar-refractivity contribution in [1.29, 1.82) is 0 Å². The second-order valence-corrected chi connectivity index (χ2v) is 8.30. The topological polar surface area (TPSA) is 51.8 Å². The Morgan fingerprint density at radius 1 is 0.853 bits per heavy atom. The molecule has 5 rings (SSSR count). The van der Waals surface area contributed by atoms with Crippen LogP contribution >= 0.6 is 11.6 Å². The Morgan fingerprint density at radius 3 is 2.32 bits per heavy atom. The molecule has 1 aromatic heterocycles. The molecular formula is C29H20ClNO3. The highest BCUT2D eigenvalue weighted by atomic mass is 35.5. The lowest BCUT2D eigenvalue weighted by Crippen LogP contribution is -2.08. The van der Waals surface area contributed by atoms with E-state index >= 15 is 0 Å². The van der Waals surface area contributed by atoms with Crippen LogP contribution in [0.1, 0.15) is 15.9 Å². The minimum absolute atomic E-state index is 0.432. The van der Waals surface area contributed by atoms with Crippen molar-refractivity contribution in [3.05, 3.63) is 125 Å². The van der Waals surface area contributed by atoms with Crippen molar-refractivity contribution < 1.29 is 13.9 Å². The molecule has 5 heteroatoms. The maximum Gasteiger partial charge on any atom is 0.343 e. The number of ether oxygens (including phenoxy) is 1. The molecule has 34 heavy (non-hydrogen) atoms. The highest BCUT2D eigenvalue weighted by Crippen LogP contribution is 2.24. The van der Waals surface area contributed by atoms with Gasteiger partial charge in [0, 0.05) is 22.0 Å². The van der Waals surface area contributed by atoms with Gasteiger partial charge in [0.1, 0.15) is 17.1 Å². The highest BCUT2D eigenvalue weighted by Gasteiger charge is 2.09. The molecule has 166 valence electrons. The molecule has 0 saturated carbocycles. The average Bonchev–Trinajstić information content (AvgIpc) is 2.86. The molecule has 0 aliphatic heterocycles. The summed E-state index contributed by atoms with van der Waals surface area (Å²) in [6, 6.07) is 31.6. The Labute approximate surface area is 201 Å². The highest BCUT2D eigenvalue weighted by molar-refractivity contribution is 6.30. The minimum Gasteiger partial charge on any atom is -0.456 e. The number of esters is 1. The molecule has 4 nitrogen and oxygen atoms in total. The molecule has 0 amide bonds. The van der Waals surface area contributed by atoms with E-state index in [4.69, 9.17) is 25.7 Å². The summed E-state index contributed by atoms with van der Waals surface area (Å²) in [5, 5.41) is 2.29. The van der Waals surface area contributed by atoms with Crippen molar-refractivity contribution >= 4 is 34.2 Å². The number of hydrogen-bond donors (Lipinski definition) is 0. The molecule has 0 bridgehead atoms. The molecule has 0 fully saturated rings. The fraction of sp³-hybridized carbons (Fsp3) is 0.0345. The first-order chi connectivity index (χ1) is 16.5.